The van der Waals surface area contributed by atoms with Crippen LogP contribution in [0.2, 0.25) is 0 Å². The molecule has 238 valence electrons. The number of nitrogens with two attached hydrogens (primary N) is 1. The molecule has 1 atom stereocenters. The average molecular weight is 590 g/mol. The van der Waals surface area contributed by atoms with E-state index in [0.717, 1.165) is 12.8 Å². The molecule has 0 rings (SSSR count). The molecule has 0 aromatic rings. The Morgan fingerprint density at radius 3 is 1.71 bits per heavy atom. The van der Waals surface area contributed by atoms with Crippen LogP contribution in [0.4, 0.5) is 0 Å². The molecule has 0 spiro atoms. The maximum atomic E-state index is 12.1. The van der Waals surface area contributed by atoms with Gasteiger partial charge in [-0.2, -0.15) is 0 Å². The Kier molecular flexibility index (Phi) is 22.2. The van der Waals surface area contributed by atoms with Gasteiger partial charge in [-0.1, -0.05) is 13.8 Å². The molecule has 0 heterocycles. The minimum absolute atomic E-state index is 0.0552. The van der Waals surface area contributed by atoms with E-state index in [2.05, 4.69) is 35.1 Å². The van der Waals surface area contributed by atoms with Gasteiger partial charge in [-0.05, 0) is 38.0 Å². The number of hydrogen-bond donors (Lipinski definition) is 8. The number of rotatable bonds is 27. The first kappa shape index (κ1) is 38.1. The second kappa shape index (κ2) is 23.8. The highest BCUT2D eigenvalue weighted by Crippen LogP contribution is 2.03. The molecule has 15 heteroatoms. The van der Waals surface area contributed by atoms with E-state index in [1.54, 1.807) is 9.80 Å². The number of carboxylic acid groups (broad SMARTS) is 3. The highest BCUT2D eigenvalue weighted by molar-refractivity contribution is 5.81. The van der Waals surface area contributed by atoms with Crippen LogP contribution in [0.1, 0.15) is 46.0 Å². The van der Waals surface area contributed by atoms with E-state index in [1.807, 2.05) is 0 Å². The predicted molar refractivity (Wildman–Crippen MR) is 153 cm³/mol. The summed E-state index contributed by atoms with van der Waals surface area (Å²) in [5, 5.41) is 38.3. The predicted octanol–water partition coefficient (Wildman–Crippen LogP) is -1.81. The van der Waals surface area contributed by atoms with Gasteiger partial charge < -0.3 is 42.3 Å². The summed E-state index contributed by atoms with van der Waals surface area (Å²) in [6.45, 7) is 6.46. The second-order valence-electron chi connectivity index (χ2n) is 10.4. The number of unbranched alkanes of at least 4 members (excludes halogenated alkanes) is 1. The van der Waals surface area contributed by atoms with Gasteiger partial charge in [0.25, 0.3) is 0 Å². The van der Waals surface area contributed by atoms with Crippen LogP contribution in [-0.4, -0.2) is 139 Å². The molecule has 0 aliphatic rings. The van der Waals surface area contributed by atoms with Gasteiger partial charge in [-0.25, -0.2) is 0 Å². The van der Waals surface area contributed by atoms with Crippen LogP contribution in [0.3, 0.4) is 0 Å². The molecule has 9 N–H and O–H groups in total. The number of carbonyl (C=O) groups is 5. The van der Waals surface area contributed by atoms with Crippen molar-refractivity contribution >= 4 is 29.7 Å². The number of hydrogen-bond acceptors (Lipinski definition) is 10. The molecule has 41 heavy (non-hydrogen) atoms. The molecule has 0 aromatic heterocycles. The van der Waals surface area contributed by atoms with E-state index in [1.165, 1.54) is 0 Å². The van der Waals surface area contributed by atoms with Gasteiger partial charge in [0.05, 0.1) is 32.2 Å². The highest BCUT2D eigenvalue weighted by atomic mass is 16.4. The topological polar surface area (TPSA) is 227 Å². The third-order valence-electron chi connectivity index (χ3n) is 6.08. The van der Waals surface area contributed by atoms with Crippen LogP contribution in [-0.2, 0) is 24.0 Å². The van der Waals surface area contributed by atoms with Gasteiger partial charge in [0.15, 0.2) is 0 Å². The lowest BCUT2D eigenvalue weighted by Crippen LogP contribution is -2.45. The summed E-state index contributed by atoms with van der Waals surface area (Å²) < 4.78 is 0. The second-order valence-corrected chi connectivity index (χ2v) is 10.4. The van der Waals surface area contributed by atoms with Crippen LogP contribution in [0.15, 0.2) is 0 Å². The van der Waals surface area contributed by atoms with E-state index >= 15 is 0 Å². The molecule has 0 radical (unpaired) electrons. The lowest BCUT2D eigenvalue weighted by molar-refractivity contribution is -0.140. The SMILES string of the molecule is CC(C)CCCNC(=O)[C@H](N)CCCCNC(=O)CNCCN(CCN(CCNCC(=O)O)CC(=O)O)CC(=O)O. The normalized spacial score (nSPS) is 12.0. The molecule has 0 aliphatic heterocycles. The molecule has 0 aliphatic carbocycles. The molecule has 0 saturated heterocycles. The lowest BCUT2D eigenvalue weighted by Gasteiger charge is -2.26. The third kappa shape index (κ3) is 24.7. The van der Waals surface area contributed by atoms with Gasteiger partial charge >= 0.3 is 17.9 Å². The van der Waals surface area contributed by atoms with Crippen molar-refractivity contribution in [2.45, 2.75) is 52.0 Å². The number of aliphatic carboxylic acids is 3. The summed E-state index contributed by atoms with van der Waals surface area (Å²) >= 11 is 0. The minimum atomic E-state index is -1.04. The van der Waals surface area contributed by atoms with Crippen molar-refractivity contribution in [1.82, 2.24) is 31.1 Å². The maximum absolute atomic E-state index is 12.1. The van der Waals surface area contributed by atoms with Crippen molar-refractivity contribution in [3.8, 4) is 0 Å². The molecular formula is C26H51N7O8. The summed E-state index contributed by atoms with van der Waals surface area (Å²) in [5.41, 5.74) is 5.93. The fraction of sp³-hybridized carbons (Fsp3) is 0.808. The molecule has 2 amide bonds. The Bertz CT molecular complexity index is 785. The van der Waals surface area contributed by atoms with Gasteiger partial charge in [0.1, 0.15) is 0 Å². The first-order valence-corrected chi connectivity index (χ1v) is 14.2. The number of carbonyl (C=O) groups excluding carboxylic acids is 2. The Hall–Kier alpha value is -2.85. The largest absolute Gasteiger partial charge is 0.480 e. The van der Waals surface area contributed by atoms with Crippen molar-refractivity contribution in [1.29, 1.82) is 0 Å². The Morgan fingerprint density at radius 1 is 0.659 bits per heavy atom. The molecule has 0 bridgehead atoms. The third-order valence-corrected chi connectivity index (χ3v) is 6.08. The van der Waals surface area contributed by atoms with E-state index in [0.29, 0.717) is 51.4 Å². The van der Waals surface area contributed by atoms with E-state index in [9.17, 15) is 29.1 Å². The minimum Gasteiger partial charge on any atom is -0.480 e. The Morgan fingerprint density at radius 2 is 1.20 bits per heavy atom. The van der Waals surface area contributed by atoms with Gasteiger partial charge in [-0.15, -0.1) is 0 Å². The molecule has 0 fully saturated rings. The summed E-state index contributed by atoms with van der Waals surface area (Å²) in [4.78, 5) is 60.3. The fourth-order valence-electron chi connectivity index (χ4n) is 3.84. The van der Waals surface area contributed by atoms with Crippen molar-refractivity contribution < 1.29 is 39.3 Å². The van der Waals surface area contributed by atoms with Gasteiger partial charge in [-0.3, -0.25) is 33.8 Å². The van der Waals surface area contributed by atoms with Crippen molar-refractivity contribution in [2.24, 2.45) is 11.7 Å². The summed E-state index contributed by atoms with van der Waals surface area (Å²) in [6, 6.07) is -0.565. The van der Waals surface area contributed by atoms with Crippen molar-refractivity contribution in [2.75, 3.05) is 78.5 Å². The zero-order valence-corrected chi connectivity index (χ0v) is 24.5. The number of nitrogens with zero attached hydrogens (tertiary/aromatic N) is 2. The van der Waals surface area contributed by atoms with Crippen LogP contribution in [0.5, 0.6) is 0 Å². The first-order valence-electron chi connectivity index (χ1n) is 14.2. The van der Waals surface area contributed by atoms with Crippen LogP contribution in [0.25, 0.3) is 0 Å². The number of amides is 2. The van der Waals surface area contributed by atoms with Crippen LogP contribution >= 0.6 is 0 Å². The summed E-state index contributed by atoms with van der Waals surface area (Å²) in [7, 11) is 0. The highest BCUT2D eigenvalue weighted by Gasteiger charge is 2.15. The summed E-state index contributed by atoms with van der Waals surface area (Å²) in [6.07, 6.45) is 3.90. The van der Waals surface area contributed by atoms with E-state index < -0.39 is 23.9 Å². The Labute approximate surface area is 242 Å². The van der Waals surface area contributed by atoms with Crippen molar-refractivity contribution in [3.63, 3.8) is 0 Å². The van der Waals surface area contributed by atoms with Gasteiger partial charge in [0.2, 0.25) is 11.8 Å². The zero-order chi connectivity index (χ0) is 31.0. The Balaban J connectivity index is 4.19. The standard InChI is InChI=1S/C26H51N7O8/c1-20(2)6-5-9-31-26(41)21(27)7-3-4-8-30-22(34)16-28-10-12-32(18-24(37)38)14-15-33(19-25(39)40)13-11-29-17-23(35)36/h20-21,28-29H,3-19,27H2,1-2H3,(H,30,34)(H,31,41)(H,35,36)(H,37,38)(H,39,40)/t21-/m1/s1. The number of carboxylic acids is 3. The monoisotopic (exact) mass is 589 g/mol. The average Bonchev–Trinajstić information content (AvgIpc) is 2.88. The quantitative estimate of drug-likeness (QED) is 0.0495. The summed E-state index contributed by atoms with van der Waals surface area (Å²) in [5.74, 6) is -2.85. The fourth-order valence-corrected chi connectivity index (χ4v) is 3.84. The number of nitrogens with one attached hydrogen (secondary N) is 4. The molecule has 0 aromatic carbocycles. The first-order chi connectivity index (χ1) is 19.4. The molecule has 0 saturated carbocycles. The van der Waals surface area contributed by atoms with Gasteiger partial charge in [0, 0.05) is 52.4 Å². The molecular weight excluding hydrogens is 538 g/mol. The van der Waals surface area contributed by atoms with Crippen molar-refractivity contribution in [3.05, 3.63) is 0 Å². The molecule has 0 unspecified atom stereocenters. The maximum Gasteiger partial charge on any atom is 0.317 e. The molecule has 15 nitrogen and oxygen atoms in total. The smallest absolute Gasteiger partial charge is 0.317 e. The zero-order valence-electron chi connectivity index (χ0n) is 24.5. The van der Waals surface area contributed by atoms with Crippen LogP contribution in [0, 0.1) is 5.92 Å². The van der Waals surface area contributed by atoms with E-state index in [4.69, 9.17) is 15.9 Å². The van der Waals surface area contributed by atoms with E-state index in [-0.39, 0.29) is 64.2 Å². The van der Waals surface area contributed by atoms with Crippen LogP contribution < -0.4 is 27.0 Å². The lowest BCUT2D eigenvalue weighted by atomic mass is 10.1.